The van der Waals surface area contributed by atoms with Crippen molar-refractivity contribution in [3.8, 4) is 0 Å². The van der Waals surface area contributed by atoms with Crippen molar-refractivity contribution in [3.63, 3.8) is 0 Å². The van der Waals surface area contributed by atoms with Gasteiger partial charge in [0.05, 0.1) is 0 Å². The van der Waals surface area contributed by atoms with Gasteiger partial charge in [-0.1, -0.05) is 19.3 Å². The Morgan fingerprint density at radius 2 is 1.83 bits per heavy atom. The number of carbonyl (C=O) groups is 4. The molecule has 2 rings (SSSR count). The minimum absolute atomic E-state index is 0.0900. The van der Waals surface area contributed by atoms with E-state index >= 15 is 0 Å². The van der Waals surface area contributed by atoms with Crippen LogP contribution in [0.4, 0.5) is 0 Å². The summed E-state index contributed by atoms with van der Waals surface area (Å²) >= 11 is 3.15. The normalized spacial score (nSPS) is 16.7. The van der Waals surface area contributed by atoms with Crippen LogP contribution in [0.5, 0.6) is 0 Å². The molecule has 1 atom stereocenters. The molecule has 0 aromatic carbocycles. The van der Waals surface area contributed by atoms with Crippen molar-refractivity contribution >= 4 is 39.4 Å². The molecule has 1 heterocycles. The van der Waals surface area contributed by atoms with Crippen LogP contribution in [0.3, 0.4) is 0 Å². The SMILES string of the molecule is O=C(O)CCC(C(=O)O)(C(=O)COCC1CCCCC1)C(=O)c1cncc(Br)c1. The fourth-order valence-electron chi connectivity index (χ4n) is 3.58. The smallest absolute Gasteiger partial charge is 0.325 e. The third-order valence-electron chi connectivity index (χ3n) is 5.22. The van der Waals surface area contributed by atoms with Gasteiger partial charge in [-0.15, -0.1) is 0 Å². The number of pyridine rings is 1. The van der Waals surface area contributed by atoms with Gasteiger partial charge in [-0.2, -0.15) is 0 Å². The Labute approximate surface area is 176 Å². The minimum atomic E-state index is -2.53. The largest absolute Gasteiger partial charge is 0.481 e. The van der Waals surface area contributed by atoms with Crippen molar-refractivity contribution in [1.82, 2.24) is 4.98 Å². The average Bonchev–Trinajstić information content (AvgIpc) is 2.68. The van der Waals surface area contributed by atoms with E-state index in [9.17, 15) is 24.3 Å². The van der Waals surface area contributed by atoms with Crippen molar-refractivity contribution in [2.75, 3.05) is 13.2 Å². The fraction of sp³-hybridized carbons (Fsp3) is 0.550. The summed E-state index contributed by atoms with van der Waals surface area (Å²) in [6.07, 6.45) is 6.58. The molecule has 1 saturated carbocycles. The third-order valence-corrected chi connectivity index (χ3v) is 5.65. The fourth-order valence-corrected chi connectivity index (χ4v) is 3.94. The number of hydrogen-bond acceptors (Lipinski definition) is 6. The van der Waals surface area contributed by atoms with Crippen LogP contribution in [-0.2, 0) is 19.1 Å². The first-order valence-electron chi connectivity index (χ1n) is 9.49. The second-order valence-corrected chi connectivity index (χ2v) is 8.18. The highest BCUT2D eigenvalue weighted by atomic mass is 79.9. The Kier molecular flexibility index (Phi) is 8.45. The molecule has 0 aliphatic heterocycles. The Balaban J connectivity index is 2.23. The second kappa shape index (κ2) is 10.6. The molecule has 1 aromatic heterocycles. The summed E-state index contributed by atoms with van der Waals surface area (Å²) in [4.78, 5) is 53.0. The van der Waals surface area contributed by atoms with Crippen LogP contribution in [0.2, 0.25) is 0 Å². The Bertz CT molecular complexity index is 776. The molecule has 1 aliphatic rings. The van der Waals surface area contributed by atoms with E-state index < -0.39 is 48.4 Å². The Morgan fingerprint density at radius 1 is 1.14 bits per heavy atom. The van der Waals surface area contributed by atoms with Crippen molar-refractivity contribution in [1.29, 1.82) is 0 Å². The predicted octanol–water partition coefficient (Wildman–Crippen LogP) is 3.13. The predicted molar refractivity (Wildman–Crippen MR) is 106 cm³/mol. The van der Waals surface area contributed by atoms with Crippen molar-refractivity contribution in [2.24, 2.45) is 11.3 Å². The molecule has 2 N–H and O–H groups in total. The highest BCUT2D eigenvalue weighted by Gasteiger charge is 2.52. The number of Topliss-reactive ketones (excluding diaryl/α,β-unsaturated/α-hetero) is 2. The van der Waals surface area contributed by atoms with E-state index in [4.69, 9.17) is 9.84 Å². The maximum Gasteiger partial charge on any atom is 0.325 e. The molecule has 0 spiro atoms. The van der Waals surface area contributed by atoms with Crippen LogP contribution in [0.1, 0.15) is 55.3 Å². The summed E-state index contributed by atoms with van der Waals surface area (Å²) in [5.41, 5.74) is -2.62. The molecule has 1 unspecified atom stereocenters. The molecular formula is C20H24BrNO7. The molecule has 0 saturated heterocycles. The molecule has 0 radical (unpaired) electrons. The van der Waals surface area contributed by atoms with Crippen LogP contribution in [0, 0.1) is 11.3 Å². The van der Waals surface area contributed by atoms with Gasteiger partial charge < -0.3 is 14.9 Å². The van der Waals surface area contributed by atoms with Gasteiger partial charge in [0.1, 0.15) is 6.61 Å². The van der Waals surface area contributed by atoms with E-state index in [0.717, 1.165) is 31.9 Å². The zero-order valence-electron chi connectivity index (χ0n) is 15.9. The lowest BCUT2D eigenvalue weighted by atomic mass is 9.73. The standard InChI is InChI=1S/C20H24BrNO7/c21-15-8-14(9-22-10-15)18(26)20(19(27)28,7-6-17(24)25)16(23)12-29-11-13-4-2-1-3-5-13/h8-10,13H,1-7,11-12H2,(H,24,25)(H,27,28). The molecule has 1 aromatic rings. The van der Waals surface area contributed by atoms with Gasteiger partial charge in [0.25, 0.3) is 0 Å². The van der Waals surface area contributed by atoms with Gasteiger partial charge in [0.2, 0.25) is 0 Å². The third kappa shape index (κ3) is 5.93. The van der Waals surface area contributed by atoms with Gasteiger partial charge in [-0.3, -0.25) is 24.2 Å². The number of ether oxygens (including phenoxy) is 1. The van der Waals surface area contributed by atoms with E-state index in [-0.39, 0.29) is 5.56 Å². The topological polar surface area (TPSA) is 131 Å². The molecule has 158 valence electrons. The van der Waals surface area contributed by atoms with E-state index in [1.54, 1.807) is 0 Å². The number of ketones is 2. The summed E-state index contributed by atoms with van der Waals surface area (Å²) in [5, 5.41) is 18.9. The number of rotatable bonds is 11. The molecule has 0 amide bonds. The van der Waals surface area contributed by atoms with E-state index in [0.29, 0.717) is 17.0 Å². The van der Waals surface area contributed by atoms with E-state index in [1.165, 1.54) is 18.7 Å². The molecule has 29 heavy (non-hydrogen) atoms. The number of carboxylic acids is 2. The second-order valence-electron chi connectivity index (χ2n) is 7.27. The molecular weight excluding hydrogens is 446 g/mol. The summed E-state index contributed by atoms with van der Waals surface area (Å²) in [5.74, 6) is -4.63. The zero-order valence-corrected chi connectivity index (χ0v) is 17.5. The highest BCUT2D eigenvalue weighted by molar-refractivity contribution is 9.10. The molecule has 1 fully saturated rings. The number of aliphatic carboxylic acids is 2. The van der Waals surface area contributed by atoms with Gasteiger partial charge >= 0.3 is 11.9 Å². The van der Waals surface area contributed by atoms with Gasteiger partial charge in [-0.05, 0) is 47.2 Å². The number of halogens is 1. The number of carbonyl (C=O) groups excluding carboxylic acids is 2. The van der Waals surface area contributed by atoms with Crippen molar-refractivity contribution < 1.29 is 34.1 Å². The first-order chi connectivity index (χ1) is 13.8. The van der Waals surface area contributed by atoms with Gasteiger partial charge in [0, 0.05) is 35.5 Å². The lowest BCUT2D eigenvalue weighted by Crippen LogP contribution is -2.48. The minimum Gasteiger partial charge on any atom is -0.481 e. The number of carboxylic acid groups (broad SMARTS) is 2. The van der Waals surface area contributed by atoms with Crippen LogP contribution in [0.25, 0.3) is 0 Å². The van der Waals surface area contributed by atoms with Crippen molar-refractivity contribution in [3.05, 3.63) is 28.5 Å². The molecule has 1 aliphatic carbocycles. The van der Waals surface area contributed by atoms with Crippen LogP contribution in [-0.4, -0.2) is 51.9 Å². The highest BCUT2D eigenvalue weighted by Crippen LogP contribution is 2.32. The summed E-state index contributed by atoms with van der Waals surface area (Å²) < 4.78 is 5.90. The van der Waals surface area contributed by atoms with E-state index in [2.05, 4.69) is 20.9 Å². The Hall–Kier alpha value is -2.13. The maximum atomic E-state index is 13.1. The quantitative estimate of drug-likeness (QED) is 0.373. The van der Waals surface area contributed by atoms with Gasteiger partial charge in [0.15, 0.2) is 17.0 Å². The average molecular weight is 470 g/mol. The molecule has 8 nitrogen and oxygen atoms in total. The van der Waals surface area contributed by atoms with Crippen LogP contribution < -0.4 is 0 Å². The number of aromatic nitrogens is 1. The Morgan fingerprint density at radius 3 is 2.41 bits per heavy atom. The van der Waals surface area contributed by atoms with Crippen LogP contribution >= 0.6 is 15.9 Å². The summed E-state index contributed by atoms with van der Waals surface area (Å²) in [7, 11) is 0. The van der Waals surface area contributed by atoms with Crippen LogP contribution in [0.15, 0.2) is 22.9 Å². The monoisotopic (exact) mass is 469 g/mol. The summed E-state index contributed by atoms with van der Waals surface area (Å²) in [6, 6.07) is 1.35. The summed E-state index contributed by atoms with van der Waals surface area (Å²) in [6.45, 7) is -0.247. The first-order valence-corrected chi connectivity index (χ1v) is 10.3. The lowest BCUT2D eigenvalue weighted by molar-refractivity contribution is -0.154. The first kappa shape index (κ1) is 23.2. The number of nitrogens with zero attached hydrogens (tertiary/aromatic N) is 1. The molecule has 0 bridgehead atoms. The van der Waals surface area contributed by atoms with E-state index in [1.807, 2.05) is 0 Å². The maximum absolute atomic E-state index is 13.1. The van der Waals surface area contributed by atoms with Crippen molar-refractivity contribution in [2.45, 2.75) is 44.9 Å². The lowest BCUT2D eigenvalue weighted by Gasteiger charge is -2.27. The zero-order chi connectivity index (χ0) is 21.4. The van der Waals surface area contributed by atoms with Gasteiger partial charge in [-0.25, -0.2) is 0 Å². The number of hydrogen-bond donors (Lipinski definition) is 2. The molecule has 9 heteroatoms.